The van der Waals surface area contributed by atoms with Gasteiger partial charge in [0.15, 0.2) is 0 Å². The number of nitrogens with one attached hydrogen (secondary N) is 3. The maximum atomic E-state index is 12.2. The number of carbonyl (C=O) groups is 3. The van der Waals surface area contributed by atoms with Gasteiger partial charge >= 0.3 is 6.09 Å². The van der Waals surface area contributed by atoms with Crippen molar-refractivity contribution < 1.29 is 28.6 Å². The van der Waals surface area contributed by atoms with Crippen molar-refractivity contribution in [1.29, 1.82) is 0 Å². The fourth-order valence-electron chi connectivity index (χ4n) is 4.65. The zero-order valence-corrected chi connectivity index (χ0v) is 29.7. The van der Waals surface area contributed by atoms with Gasteiger partial charge in [0.2, 0.25) is 11.8 Å². The average molecular weight is 640 g/mol. The molecule has 3 amide bonds. The Bertz CT molecular complexity index is 754. The second-order valence-corrected chi connectivity index (χ2v) is 13.1. The molecule has 9 heteroatoms. The third-order valence-electron chi connectivity index (χ3n) is 7.22. The van der Waals surface area contributed by atoms with Gasteiger partial charge in [-0.1, -0.05) is 83.3 Å². The first kappa shape index (κ1) is 42.9. The van der Waals surface area contributed by atoms with Gasteiger partial charge < -0.3 is 30.2 Å². The molecule has 0 saturated heterocycles. The molecule has 0 aliphatic rings. The predicted molar refractivity (Wildman–Crippen MR) is 184 cm³/mol. The van der Waals surface area contributed by atoms with Gasteiger partial charge in [0, 0.05) is 38.6 Å². The first-order valence-corrected chi connectivity index (χ1v) is 18.0. The summed E-state index contributed by atoms with van der Waals surface area (Å²) in [6, 6.07) is 0.0651. The molecular weight excluding hydrogens is 570 g/mol. The first-order valence-electron chi connectivity index (χ1n) is 18.0. The lowest BCUT2D eigenvalue weighted by Gasteiger charge is -2.19. The lowest BCUT2D eigenvalue weighted by molar-refractivity contribution is -0.123. The van der Waals surface area contributed by atoms with E-state index in [-0.39, 0.29) is 30.9 Å². The summed E-state index contributed by atoms with van der Waals surface area (Å²) in [5, 5.41) is 8.46. The van der Waals surface area contributed by atoms with Crippen molar-refractivity contribution in [2.24, 2.45) is 0 Å². The molecule has 45 heavy (non-hydrogen) atoms. The molecule has 0 bridgehead atoms. The average Bonchev–Trinajstić information content (AvgIpc) is 2.97. The van der Waals surface area contributed by atoms with Gasteiger partial charge in [-0.15, -0.1) is 0 Å². The van der Waals surface area contributed by atoms with E-state index in [1.54, 1.807) is 20.8 Å². The van der Waals surface area contributed by atoms with Crippen LogP contribution < -0.4 is 16.0 Å². The van der Waals surface area contributed by atoms with Gasteiger partial charge in [0.05, 0.1) is 19.8 Å². The van der Waals surface area contributed by atoms with Gasteiger partial charge in [-0.3, -0.25) is 9.59 Å². The lowest BCUT2D eigenvalue weighted by atomic mass is 10.1. The van der Waals surface area contributed by atoms with E-state index in [1.807, 2.05) is 6.92 Å². The molecular formula is C36H69N3O6. The molecule has 0 aliphatic heterocycles. The standard InChI is InChI=1S/C36H69N3O6/c1-6-7-8-9-10-11-12-13-14-15-16-17-18-19-20-21-22-23-34(41)39-32(2)24-28-43-30-26-37-33(40)25-29-44-31-27-38-35(42)45-36(3,4)5/h11-12,32H,6-10,13-31H2,1-5H3,(H,37,40)(H,38,42)(H,39,41)/b12-11-. The Balaban J connectivity index is 3.45. The highest BCUT2D eigenvalue weighted by atomic mass is 16.6. The summed E-state index contributed by atoms with van der Waals surface area (Å²) < 4.78 is 16.1. The summed E-state index contributed by atoms with van der Waals surface area (Å²) in [6.45, 7) is 11.9. The number of hydrogen-bond donors (Lipinski definition) is 3. The molecule has 0 rings (SSSR count). The molecule has 0 radical (unpaired) electrons. The zero-order chi connectivity index (χ0) is 33.4. The molecule has 0 saturated carbocycles. The highest BCUT2D eigenvalue weighted by Crippen LogP contribution is 2.12. The molecule has 0 heterocycles. The van der Waals surface area contributed by atoms with Crippen LogP contribution in [0.25, 0.3) is 0 Å². The molecule has 264 valence electrons. The molecule has 9 nitrogen and oxygen atoms in total. The SMILES string of the molecule is CCCCCC/C=C\CCCCCCCCCCCC(=O)NC(C)CCOCCNC(=O)CCOCCNC(=O)OC(C)(C)C. The van der Waals surface area contributed by atoms with Crippen molar-refractivity contribution in [1.82, 2.24) is 16.0 Å². The number of rotatable bonds is 30. The van der Waals surface area contributed by atoms with Crippen LogP contribution in [0.5, 0.6) is 0 Å². The molecule has 0 fully saturated rings. The molecule has 0 aromatic heterocycles. The third-order valence-corrected chi connectivity index (χ3v) is 7.22. The molecule has 3 N–H and O–H groups in total. The molecule has 0 spiro atoms. The van der Waals surface area contributed by atoms with Crippen LogP contribution in [0.2, 0.25) is 0 Å². The van der Waals surface area contributed by atoms with Crippen LogP contribution >= 0.6 is 0 Å². The van der Waals surface area contributed by atoms with Gasteiger partial charge in [-0.2, -0.15) is 0 Å². The first-order chi connectivity index (χ1) is 21.6. The minimum Gasteiger partial charge on any atom is -0.444 e. The van der Waals surface area contributed by atoms with E-state index in [9.17, 15) is 14.4 Å². The van der Waals surface area contributed by atoms with Crippen molar-refractivity contribution in [3.63, 3.8) is 0 Å². The smallest absolute Gasteiger partial charge is 0.407 e. The van der Waals surface area contributed by atoms with Crippen molar-refractivity contribution in [2.45, 2.75) is 162 Å². The maximum Gasteiger partial charge on any atom is 0.407 e. The molecule has 0 aromatic rings. The van der Waals surface area contributed by atoms with Crippen LogP contribution in [-0.4, -0.2) is 69.1 Å². The number of unbranched alkanes of at least 4 members (excludes halogenated alkanes) is 13. The predicted octanol–water partition coefficient (Wildman–Crippen LogP) is 7.76. The summed E-state index contributed by atoms with van der Waals surface area (Å²) in [5.74, 6) is 0.00848. The quantitative estimate of drug-likeness (QED) is 0.0547. The van der Waals surface area contributed by atoms with E-state index in [0.29, 0.717) is 39.3 Å². The van der Waals surface area contributed by atoms with Crippen molar-refractivity contribution in [3.8, 4) is 0 Å². The van der Waals surface area contributed by atoms with Crippen molar-refractivity contribution in [3.05, 3.63) is 12.2 Å². The molecule has 0 aromatic carbocycles. The summed E-state index contributed by atoms with van der Waals surface area (Å²) in [4.78, 5) is 35.6. The van der Waals surface area contributed by atoms with Crippen LogP contribution in [0.1, 0.15) is 150 Å². The van der Waals surface area contributed by atoms with E-state index in [1.165, 1.54) is 83.5 Å². The minimum absolute atomic E-state index is 0.0651. The van der Waals surface area contributed by atoms with Crippen LogP contribution in [0.4, 0.5) is 4.79 Å². The highest BCUT2D eigenvalue weighted by Gasteiger charge is 2.15. The van der Waals surface area contributed by atoms with E-state index < -0.39 is 11.7 Å². The van der Waals surface area contributed by atoms with Crippen LogP contribution in [-0.2, 0) is 23.8 Å². The number of amides is 3. The Hall–Kier alpha value is -2.13. The number of hydrogen-bond acceptors (Lipinski definition) is 6. The fourth-order valence-corrected chi connectivity index (χ4v) is 4.65. The number of alkyl carbamates (subject to hydrolysis) is 1. The van der Waals surface area contributed by atoms with Crippen LogP contribution in [0.3, 0.4) is 0 Å². The second kappa shape index (κ2) is 30.5. The second-order valence-electron chi connectivity index (χ2n) is 13.1. The Kier molecular flexibility index (Phi) is 29.1. The van der Waals surface area contributed by atoms with E-state index in [4.69, 9.17) is 14.2 Å². The van der Waals surface area contributed by atoms with Gasteiger partial charge in [0.25, 0.3) is 0 Å². The Labute approximate surface area is 275 Å². The Morgan fingerprint density at radius 2 is 1.18 bits per heavy atom. The van der Waals surface area contributed by atoms with Gasteiger partial charge in [0.1, 0.15) is 5.60 Å². The van der Waals surface area contributed by atoms with E-state index in [0.717, 1.165) is 19.3 Å². The topological polar surface area (TPSA) is 115 Å². The maximum absolute atomic E-state index is 12.2. The normalized spacial score (nSPS) is 12.3. The summed E-state index contributed by atoms with van der Waals surface area (Å²) in [6.07, 6.45) is 24.9. The van der Waals surface area contributed by atoms with Crippen molar-refractivity contribution >= 4 is 17.9 Å². The van der Waals surface area contributed by atoms with Crippen LogP contribution in [0, 0.1) is 0 Å². The third kappa shape index (κ3) is 34.6. The molecule has 0 aliphatic carbocycles. The van der Waals surface area contributed by atoms with Crippen molar-refractivity contribution in [2.75, 3.05) is 39.5 Å². The Morgan fingerprint density at radius 1 is 0.644 bits per heavy atom. The van der Waals surface area contributed by atoms with Gasteiger partial charge in [-0.25, -0.2) is 4.79 Å². The minimum atomic E-state index is -0.537. The fraction of sp³-hybridized carbons (Fsp3) is 0.861. The molecule has 1 unspecified atom stereocenters. The summed E-state index contributed by atoms with van der Waals surface area (Å²) in [5.41, 5.74) is -0.537. The molecule has 1 atom stereocenters. The number of ether oxygens (including phenoxy) is 3. The Morgan fingerprint density at radius 3 is 1.78 bits per heavy atom. The van der Waals surface area contributed by atoms with Gasteiger partial charge in [-0.05, 0) is 66.2 Å². The number of carbonyl (C=O) groups excluding carboxylic acids is 3. The largest absolute Gasteiger partial charge is 0.444 e. The van der Waals surface area contributed by atoms with E-state index >= 15 is 0 Å². The highest BCUT2D eigenvalue weighted by molar-refractivity contribution is 5.76. The monoisotopic (exact) mass is 640 g/mol. The lowest BCUT2D eigenvalue weighted by Crippen LogP contribution is -2.34. The summed E-state index contributed by atoms with van der Waals surface area (Å²) >= 11 is 0. The summed E-state index contributed by atoms with van der Waals surface area (Å²) in [7, 11) is 0. The zero-order valence-electron chi connectivity index (χ0n) is 29.7. The van der Waals surface area contributed by atoms with Crippen LogP contribution in [0.15, 0.2) is 12.2 Å². The van der Waals surface area contributed by atoms with E-state index in [2.05, 4.69) is 35.0 Å². The number of allylic oxidation sites excluding steroid dienone is 2.